The molecule has 3 heterocycles. The van der Waals surface area contributed by atoms with Crippen LogP contribution in [-0.2, 0) is 0 Å². The number of rotatable bonds is 2. The second-order valence-corrected chi connectivity index (χ2v) is 6.80. The molecule has 1 aromatic rings. The Labute approximate surface area is 111 Å². The SMILES string of the molecule is CC(C)c1nsc(N2C3CCC2CC(Cl)C3)n1. The Balaban J connectivity index is 1.84. The molecule has 2 fully saturated rings. The van der Waals surface area contributed by atoms with Crippen molar-refractivity contribution in [1.82, 2.24) is 9.36 Å². The van der Waals surface area contributed by atoms with Crippen LogP contribution in [0.1, 0.15) is 51.3 Å². The maximum atomic E-state index is 6.30. The lowest BCUT2D eigenvalue weighted by Crippen LogP contribution is -2.43. The quantitative estimate of drug-likeness (QED) is 0.772. The van der Waals surface area contributed by atoms with Crippen LogP contribution in [0.5, 0.6) is 0 Å². The van der Waals surface area contributed by atoms with E-state index in [9.17, 15) is 0 Å². The van der Waals surface area contributed by atoms with Crippen molar-refractivity contribution < 1.29 is 0 Å². The first kappa shape index (κ1) is 11.7. The predicted octanol–water partition coefficient (Wildman–Crippen LogP) is 3.40. The molecule has 0 saturated carbocycles. The van der Waals surface area contributed by atoms with E-state index in [1.54, 1.807) is 11.5 Å². The molecule has 2 unspecified atom stereocenters. The minimum Gasteiger partial charge on any atom is -0.341 e. The van der Waals surface area contributed by atoms with Gasteiger partial charge in [0.05, 0.1) is 0 Å². The zero-order valence-electron chi connectivity index (χ0n) is 10.3. The highest BCUT2D eigenvalue weighted by Gasteiger charge is 2.41. The number of anilines is 1. The van der Waals surface area contributed by atoms with Gasteiger partial charge in [-0.05, 0) is 25.7 Å². The highest BCUT2D eigenvalue weighted by atomic mass is 35.5. The molecule has 3 rings (SSSR count). The second kappa shape index (κ2) is 4.39. The van der Waals surface area contributed by atoms with Gasteiger partial charge in [0.15, 0.2) is 0 Å². The predicted molar refractivity (Wildman–Crippen MR) is 72.2 cm³/mol. The highest BCUT2D eigenvalue weighted by molar-refractivity contribution is 7.09. The molecule has 2 aliphatic heterocycles. The van der Waals surface area contributed by atoms with E-state index in [0.29, 0.717) is 23.4 Å². The normalized spacial score (nSPS) is 32.5. The fourth-order valence-corrected chi connectivity index (χ4v) is 4.35. The number of halogens is 1. The van der Waals surface area contributed by atoms with E-state index in [2.05, 4.69) is 28.1 Å². The zero-order chi connectivity index (χ0) is 12.0. The van der Waals surface area contributed by atoms with Gasteiger partial charge in [0.1, 0.15) is 5.82 Å². The molecule has 2 aliphatic rings. The summed E-state index contributed by atoms with van der Waals surface area (Å²) in [5.41, 5.74) is 0. The molecular formula is C12H18ClN3S. The van der Waals surface area contributed by atoms with E-state index in [1.807, 2.05) is 0 Å². The van der Waals surface area contributed by atoms with E-state index in [-0.39, 0.29) is 0 Å². The van der Waals surface area contributed by atoms with Gasteiger partial charge >= 0.3 is 0 Å². The molecule has 3 nitrogen and oxygen atoms in total. The molecule has 0 radical (unpaired) electrons. The lowest BCUT2D eigenvalue weighted by Gasteiger charge is -2.36. The Morgan fingerprint density at radius 2 is 1.94 bits per heavy atom. The average Bonchev–Trinajstić information content (AvgIpc) is 2.82. The third-order valence-corrected chi connectivity index (χ3v) is 4.94. The van der Waals surface area contributed by atoms with Gasteiger partial charge in [-0.15, -0.1) is 11.6 Å². The summed E-state index contributed by atoms with van der Waals surface area (Å²) < 4.78 is 4.46. The van der Waals surface area contributed by atoms with Gasteiger partial charge in [-0.2, -0.15) is 4.37 Å². The van der Waals surface area contributed by atoms with Crippen LogP contribution < -0.4 is 4.90 Å². The van der Waals surface area contributed by atoms with Crippen LogP contribution in [0.2, 0.25) is 0 Å². The fourth-order valence-electron chi connectivity index (χ4n) is 2.99. The maximum Gasteiger partial charge on any atom is 0.205 e. The smallest absolute Gasteiger partial charge is 0.205 e. The van der Waals surface area contributed by atoms with Crippen molar-refractivity contribution in [2.45, 2.75) is 62.9 Å². The summed E-state index contributed by atoms with van der Waals surface area (Å²) in [6.45, 7) is 4.29. The number of alkyl halides is 1. The van der Waals surface area contributed by atoms with Gasteiger partial charge in [-0.25, -0.2) is 4.98 Å². The molecule has 5 heteroatoms. The third kappa shape index (κ3) is 2.06. The largest absolute Gasteiger partial charge is 0.341 e. The molecule has 0 aromatic carbocycles. The average molecular weight is 272 g/mol. The molecule has 94 valence electrons. The van der Waals surface area contributed by atoms with Crippen molar-refractivity contribution in [3.63, 3.8) is 0 Å². The van der Waals surface area contributed by atoms with Gasteiger partial charge in [0.2, 0.25) is 5.13 Å². The van der Waals surface area contributed by atoms with Gasteiger partial charge < -0.3 is 4.90 Å². The molecule has 2 saturated heterocycles. The molecular weight excluding hydrogens is 254 g/mol. The number of nitrogens with zero attached hydrogens (tertiary/aromatic N) is 3. The standard InChI is InChI=1S/C12H18ClN3S/c1-7(2)11-14-12(17-15-11)16-9-3-4-10(16)6-8(13)5-9/h7-10H,3-6H2,1-2H3. The monoisotopic (exact) mass is 271 g/mol. The molecule has 2 bridgehead atoms. The Hall–Kier alpha value is -0.350. The Morgan fingerprint density at radius 1 is 1.29 bits per heavy atom. The number of fused-ring (bicyclic) bond motifs is 2. The summed E-state index contributed by atoms with van der Waals surface area (Å²) in [4.78, 5) is 7.18. The van der Waals surface area contributed by atoms with Crippen LogP contribution in [0.4, 0.5) is 5.13 Å². The molecule has 17 heavy (non-hydrogen) atoms. The topological polar surface area (TPSA) is 29.0 Å². The summed E-state index contributed by atoms with van der Waals surface area (Å²) in [7, 11) is 0. The van der Waals surface area contributed by atoms with Crippen LogP contribution in [0.25, 0.3) is 0 Å². The third-order valence-electron chi connectivity index (χ3n) is 3.84. The zero-order valence-corrected chi connectivity index (χ0v) is 11.8. The molecule has 0 N–H and O–H groups in total. The first-order chi connectivity index (χ1) is 8.15. The molecule has 2 atom stereocenters. The number of hydrogen-bond donors (Lipinski definition) is 0. The van der Waals surface area contributed by atoms with Crippen LogP contribution in [0, 0.1) is 0 Å². The van der Waals surface area contributed by atoms with E-state index < -0.39 is 0 Å². The van der Waals surface area contributed by atoms with Crippen LogP contribution in [0.15, 0.2) is 0 Å². The van der Waals surface area contributed by atoms with E-state index in [0.717, 1.165) is 23.8 Å². The van der Waals surface area contributed by atoms with Crippen LogP contribution >= 0.6 is 23.1 Å². The van der Waals surface area contributed by atoms with Crippen molar-refractivity contribution in [3.8, 4) is 0 Å². The Bertz CT molecular complexity index is 392. The van der Waals surface area contributed by atoms with Gasteiger partial charge in [-0.1, -0.05) is 13.8 Å². The summed E-state index contributed by atoms with van der Waals surface area (Å²) in [5.74, 6) is 1.40. The number of aromatic nitrogens is 2. The van der Waals surface area contributed by atoms with Crippen molar-refractivity contribution >= 4 is 28.3 Å². The molecule has 1 aromatic heterocycles. The van der Waals surface area contributed by atoms with Crippen LogP contribution in [-0.4, -0.2) is 26.8 Å². The van der Waals surface area contributed by atoms with Crippen molar-refractivity contribution in [2.24, 2.45) is 0 Å². The van der Waals surface area contributed by atoms with Crippen molar-refractivity contribution in [1.29, 1.82) is 0 Å². The summed E-state index contributed by atoms with van der Waals surface area (Å²) in [6.07, 6.45) is 4.75. The molecule has 0 amide bonds. The summed E-state index contributed by atoms with van der Waals surface area (Å²) >= 11 is 7.85. The number of hydrogen-bond acceptors (Lipinski definition) is 4. The first-order valence-corrected chi connectivity index (χ1v) is 7.62. The first-order valence-electron chi connectivity index (χ1n) is 6.41. The van der Waals surface area contributed by atoms with Crippen molar-refractivity contribution in [3.05, 3.63) is 5.82 Å². The minimum atomic E-state index is 0.362. The van der Waals surface area contributed by atoms with E-state index >= 15 is 0 Å². The summed E-state index contributed by atoms with van der Waals surface area (Å²) in [6, 6.07) is 1.20. The summed E-state index contributed by atoms with van der Waals surface area (Å²) in [5, 5.41) is 1.48. The van der Waals surface area contributed by atoms with Crippen molar-refractivity contribution in [2.75, 3.05) is 4.90 Å². The van der Waals surface area contributed by atoms with E-state index in [4.69, 9.17) is 11.6 Å². The minimum absolute atomic E-state index is 0.362. The Kier molecular flexibility index (Phi) is 3.03. The van der Waals surface area contributed by atoms with Gasteiger partial charge in [0.25, 0.3) is 0 Å². The maximum absolute atomic E-state index is 6.30. The lowest BCUT2D eigenvalue weighted by atomic mass is 10.0. The molecule has 0 aliphatic carbocycles. The molecule has 0 spiro atoms. The second-order valence-electron chi connectivity index (χ2n) is 5.45. The van der Waals surface area contributed by atoms with E-state index in [1.165, 1.54) is 12.8 Å². The fraction of sp³-hybridized carbons (Fsp3) is 0.833. The number of piperidine rings is 1. The van der Waals surface area contributed by atoms with Gasteiger partial charge in [0, 0.05) is 34.9 Å². The van der Waals surface area contributed by atoms with Gasteiger partial charge in [-0.3, -0.25) is 0 Å². The Morgan fingerprint density at radius 3 is 2.47 bits per heavy atom. The van der Waals surface area contributed by atoms with Crippen LogP contribution in [0.3, 0.4) is 0 Å². The highest BCUT2D eigenvalue weighted by Crippen LogP contribution is 2.41. The lowest BCUT2D eigenvalue weighted by molar-refractivity contribution is 0.473.